The first-order valence-corrected chi connectivity index (χ1v) is 10.4. The summed E-state index contributed by atoms with van der Waals surface area (Å²) in [5, 5.41) is 6.42. The Bertz CT molecular complexity index is 867. The van der Waals surface area contributed by atoms with Gasteiger partial charge >= 0.3 is 6.09 Å². The van der Waals surface area contributed by atoms with Crippen molar-refractivity contribution in [2.75, 3.05) is 18.1 Å². The van der Waals surface area contributed by atoms with Crippen LogP contribution in [0.3, 0.4) is 0 Å². The largest absolute Gasteiger partial charge is 0.444 e. The third-order valence-electron chi connectivity index (χ3n) is 4.46. The molecule has 0 saturated carbocycles. The van der Waals surface area contributed by atoms with Crippen molar-refractivity contribution >= 4 is 33.6 Å². The molecule has 2 aromatic carbocycles. The van der Waals surface area contributed by atoms with E-state index >= 15 is 0 Å². The standard InChI is InChI=1S/C22H26BrN3O3/c1-22(2,3)29-21(28)24-19(16-10-5-4-6-11-16)20(27)26-15-9-14-25(26)18-13-8-7-12-17(18)23/h4-8,10-13,19H,9,14-15H2,1-3H3,(H,24,28)/t19-/m1/s1. The second-order valence-corrected chi connectivity index (χ2v) is 8.73. The lowest BCUT2D eigenvalue weighted by Crippen LogP contribution is -2.49. The number of carbonyl (C=O) groups is 2. The van der Waals surface area contributed by atoms with Crippen molar-refractivity contribution in [1.29, 1.82) is 0 Å². The number of halogens is 1. The molecule has 0 aliphatic carbocycles. The lowest BCUT2D eigenvalue weighted by molar-refractivity contribution is -0.133. The van der Waals surface area contributed by atoms with Gasteiger partial charge in [0.1, 0.15) is 11.6 Å². The minimum Gasteiger partial charge on any atom is -0.444 e. The predicted molar refractivity (Wildman–Crippen MR) is 116 cm³/mol. The first-order chi connectivity index (χ1) is 13.8. The van der Waals surface area contributed by atoms with Crippen LogP contribution in [0.2, 0.25) is 0 Å². The van der Waals surface area contributed by atoms with Crippen molar-refractivity contribution in [3.63, 3.8) is 0 Å². The maximum Gasteiger partial charge on any atom is 0.408 e. The average Bonchev–Trinajstić information content (AvgIpc) is 3.15. The highest BCUT2D eigenvalue weighted by Crippen LogP contribution is 2.31. The zero-order chi connectivity index (χ0) is 21.0. The molecule has 1 heterocycles. The Hall–Kier alpha value is -2.54. The first kappa shape index (κ1) is 21.2. The van der Waals surface area contributed by atoms with Gasteiger partial charge in [-0.05, 0) is 60.8 Å². The van der Waals surface area contributed by atoms with Gasteiger partial charge in [0.05, 0.1) is 5.69 Å². The Labute approximate surface area is 179 Å². The SMILES string of the molecule is CC(C)(C)OC(=O)N[C@@H](C(=O)N1CCCN1c1ccccc1Br)c1ccccc1. The van der Waals surface area contributed by atoms with Gasteiger partial charge in [0.15, 0.2) is 0 Å². The average molecular weight is 460 g/mol. The van der Waals surface area contributed by atoms with Crippen molar-refractivity contribution in [2.45, 2.75) is 38.8 Å². The lowest BCUT2D eigenvalue weighted by Gasteiger charge is -2.33. The van der Waals surface area contributed by atoms with E-state index in [1.807, 2.05) is 59.6 Å². The van der Waals surface area contributed by atoms with E-state index in [1.54, 1.807) is 25.8 Å². The van der Waals surface area contributed by atoms with E-state index in [9.17, 15) is 9.59 Å². The number of ether oxygens (including phenoxy) is 1. The van der Waals surface area contributed by atoms with E-state index in [-0.39, 0.29) is 5.91 Å². The smallest absolute Gasteiger partial charge is 0.408 e. The van der Waals surface area contributed by atoms with Crippen LogP contribution in [0.1, 0.15) is 38.8 Å². The molecule has 2 aromatic rings. The molecule has 154 valence electrons. The van der Waals surface area contributed by atoms with Gasteiger partial charge in [0.2, 0.25) is 0 Å². The van der Waals surface area contributed by atoms with Crippen LogP contribution < -0.4 is 10.3 Å². The fourth-order valence-electron chi connectivity index (χ4n) is 3.26. The molecule has 0 spiro atoms. The molecule has 1 aliphatic heterocycles. The second-order valence-electron chi connectivity index (χ2n) is 7.88. The van der Waals surface area contributed by atoms with Gasteiger partial charge in [0.25, 0.3) is 5.91 Å². The normalized spacial score (nSPS) is 15.2. The summed E-state index contributed by atoms with van der Waals surface area (Å²) in [4.78, 5) is 26.0. The topological polar surface area (TPSA) is 61.9 Å². The van der Waals surface area contributed by atoms with Crippen molar-refractivity contribution < 1.29 is 14.3 Å². The Morgan fingerprint density at radius 2 is 1.69 bits per heavy atom. The molecule has 1 fully saturated rings. The molecule has 1 aliphatic rings. The maximum absolute atomic E-state index is 13.5. The lowest BCUT2D eigenvalue weighted by atomic mass is 10.1. The molecule has 0 bridgehead atoms. The number of anilines is 1. The van der Waals surface area contributed by atoms with Gasteiger partial charge in [-0.2, -0.15) is 0 Å². The van der Waals surface area contributed by atoms with E-state index in [0.717, 1.165) is 23.1 Å². The van der Waals surface area contributed by atoms with Crippen LogP contribution in [0.4, 0.5) is 10.5 Å². The Morgan fingerprint density at radius 3 is 2.34 bits per heavy atom. The highest BCUT2D eigenvalue weighted by molar-refractivity contribution is 9.10. The second kappa shape index (κ2) is 8.86. The summed E-state index contributed by atoms with van der Waals surface area (Å²) < 4.78 is 6.30. The van der Waals surface area contributed by atoms with Gasteiger partial charge in [-0.1, -0.05) is 42.5 Å². The predicted octanol–water partition coefficient (Wildman–Crippen LogP) is 4.67. The molecule has 1 N–H and O–H groups in total. The first-order valence-electron chi connectivity index (χ1n) is 9.64. The van der Waals surface area contributed by atoms with Gasteiger partial charge in [-0.25, -0.2) is 4.79 Å². The zero-order valence-corrected chi connectivity index (χ0v) is 18.5. The van der Waals surface area contributed by atoms with Crippen LogP contribution in [0.15, 0.2) is 59.1 Å². The van der Waals surface area contributed by atoms with Crippen LogP contribution in [0.25, 0.3) is 0 Å². The van der Waals surface area contributed by atoms with Gasteiger partial charge < -0.3 is 10.1 Å². The fraction of sp³-hybridized carbons (Fsp3) is 0.364. The molecule has 1 atom stereocenters. The quantitative estimate of drug-likeness (QED) is 0.721. The molecular weight excluding hydrogens is 434 g/mol. The minimum absolute atomic E-state index is 0.199. The Morgan fingerprint density at radius 1 is 1.03 bits per heavy atom. The molecule has 0 unspecified atom stereocenters. The molecule has 6 nitrogen and oxygen atoms in total. The number of rotatable bonds is 4. The van der Waals surface area contributed by atoms with Gasteiger partial charge in [0, 0.05) is 17.6 Å². The van der Waals surface area contributed by atoms with Crippen LogP contribution in [0, 0.1) is 0 Å². The summed E-state index contributed by atoms with van der Waals surface area (Å²) in [5.74, 6) is -0.199. The number of amides is 2. The molecule has 7 heteroatoms. The Kier molecular flexibility index (Phi) is 6.47. The van der Waals surface area contributed by atoms with E-state index in [0.29, 0.717) is 12.1 Å². The molecule has 1 saturated heterocycles. The maximum atomic E-state index is 13.5. The monoisotopic (exact) mass is 459 g/mol. The number of para-hydroxylation sites is 1. The van der Waals surface area contributed by atoms with Crippen LogP contribution in [-0.2, 0) is 9.53 Å². The van der Waals surface area contributed by atoms with E-state index in [4.69, 9.17) is 4.74 Å². The van der Waals surface area contributed by atoms with Crippen molar-refractivity contribution in [2.24, 2.45) is 0 Å². The third kappa shape index (κ3) is 5.29. The summed E-state index contributed by atoms with van der Waals surface area (Å²) in [7, 11) is 0. The zero-order valence-electron chi connectivity index (χ0n) is 16.9. The molecule has 0 radical (unpaired) electrons. The number of nitrogens with one attached hydrogen (secondary N) is 1. The molecular formula is C22H26BrN3O3. The number of carbonyl (C=O) groups excluding carboxylic acids is 2. The molecule has 0 aromatic heterocycles. The Balaban J connectivity index is 1.88. The third-order valence-corrected chi connectivity index (χ3v) is 5.13. The van der Waals surface area contributed by atoms with E-state index in [2.05, 4.69) is 21.2 Å². The number of alkyl carbamates (subject to hydrolysis) is 1. The number of hydrogen-bond acceptors (Lipinski definition) is 4. The van der Waals surface area contributed by atoms with Crippen molar-refractivity contribution in [1.82, 2.24) is 10.3 Å². The van der Waals surface area contributed by atoms with Crippen LogP contribution in [-0.4, -0.2) is 35.7 Å². The van der Waals surface area contributed by atoms with Gasteiger partial charge in [-0.3, -0.25) is 14.8 Å². The fourth-order valence-corrected chi connectivity index (χ4v) is 3.75. The van der Waals surface area contributed by atoms with Gasteiger partial charge in [-0.15, -0.1) is 0 Å². The van der Waals surface area contributed by atoms with Crippen molar-refractivity contribution in [3.05, 3.63) is 64.6 Å². The number of benzene rings is 2. The van der Waals surface area contributed by atoms with E-state index in [1.165, 1.54) is 0 Å². The van der Waals surface area contributed by atoms with Crippen LogP contribution >= 0.6 is 15.9 Å². The minimum atomic E-state index is -0.839. The summed E-state index contributed by atoms with van der Waals surface area (Å²) >= 11 is 3.57. The number of nitrogens with zero attached hydrogens (tertiary/aromatic N) is 2. The highest BCUT2D eigenvalue weighted by Gasteiger charge is 2.35. The number of hydrazine groups is 1. The summed E-state index contributed by atoms with van der Waals surface area (Å²) in [6.45, 7) is 6.69. The number of hydrogen-bond donors (Lipinski definition) is 1. The highest BCUT2D eigenvalue weighted by atomic mass is 79.9. The van der Waals surface area contributed by atoms with Crippen molar-refractivity contribution in [3.8, 4) is 0 Å². The van der Waals surface area contributed by atoms with Crippen LogP contribution in [0.5, 0.6) is 0 Å². The molecule has 29 heavy (non-hydrogen) atoms. The summed E-state index contributed by atoms with van der Waals surface area (Å²) in [6, 6.07) is 16.2. The molecule has 2 amide bonds. The summed E-state index contributed by atoms with van der Waals surface area (Å²) in [6.07, 6.45) is 0.229. The van der Waals surface area contributed by atoms with E-state index < -0.39 is 17.7 Å². The summed E-state index contributed by atoms with van der Waals surface area (Å²) in [5.41, 5.74) is 0.980. The molecule has 3 rings (SSSR count).